The van der Waals surface area contributed by atoms with Crippen LogP contribution in [0.2, 0.25) is 0 Å². The Bertz CT molecular complexity index is 471. The number of carbonyl (C=O) groups excluding carboxylic acids is 1. The van der Waals surface area contributed by atoms with E-state index in [1.165, 1.54) is 12.5 Å². The molecule has 1 rings (SSSR count). The second-order valence-electron chi connectivity index (χ2n) is 4.87. The van der Waals surface area contributed by atoms with Gasteiger partial charge in [-0.2, -0.15) is 0 Å². The molecule has 0 saturated carbocycles. The highest BCUT2D eigenvalue weighted by Gasteiger charge is 2.16. The zero-order chi connectivity index (χ0) is 14.5. The lowest BCUT2D eigenvalue weighted by Crippen LogP contribution is -2.27. The highest BCUT2D eigenvalue weighted by molar-refractivity contribution is 7.79. The first-order valence-corrected chi connectivity index (χ1v) is 7.15. The normalized spacial score (nSPS) is 12.8. The van der Waals surface area contributed by atoms with Gasteiger partial charge in [0.05, 0.1) is 18.5 Å². The number of aromatic nitrogens is 1. The lowest BCUT2D eigenvalue weighted by molar-refractivity contribution is 0.0636. The summed E-state index contributed by atoms with van der Waals surface area (Å²) in [5.41, 5.74) is 0.651. The molecule has 0 spiro atoms. The van der Waals surface area contributed by atoms with Gasteiger partial charge in [-0.25, -0.2) is 9.00 Å². The Morgan fingerprint density at radius 1 is 1.42 bits per heavy atom. The Kier molecular flexibility index (Phi) is 5.44. The second-order valence-corrected chi connectivity index (χ2v) is 5.91. The molecule has 0 aliphatic carbocycles. The molecule has 0 radical (unpaired) electrons. The lowest BCUT2D eigenvalue weighted by Gasteiger charge is -2.19. The molecule has 1 atom stereocenters. The SMILES string of the molecule is CS(=O)OCc1cncc(NC(=O)OC(C)(C)C)c1. The molecule has 106 valence electrons. The Morgan fingerprint density at radius 3 is 2.68 bits per heavy atom. The second kappa shape index (κ2) is 6.63. The predicted octanol–water partition coefficient (Wildman–Crippen LogP) is 2.24. The summed E-state index contributed by atoms with van der Waals surface area (Å²) < 4.78 is 20.9. The van der Waals surface area contributed by atoms with Crippen LogP contribution in [0.4, 0.5) is 10.5 Å². The zero-order valence-electron chi connectivity index (χ0n) is 11.4. The monoisotopic (exact) mass is 286 g/mol. The molecular weight excluding hydrogens is 268 g/mol. The molecule has 0 aliphatic rings. The van der Waals surface area contributed by atoms with Crippen LogP contribution >= 0.6 is 0 Å². The van der Waals surface area contributed by atoms with Crippen LogP contribution in [0.1, 0.15) is 26.3 Å². The van der Waals surface area contributed by atoms with Gasteiger partial charge in [-0.05, 0) is 32.4 Å². The topological polar surface area (TPSA) is 77.5 Å². The average Bonchev–Trinajstić information content (AvgIpc) is 2.24. The third kappa shape index (κ3) is 6.88. The van der Waals surface area contributed by atoms with Crippen molar-refractivity contribution in [2.75, 3.05) is 11.6 Å². The van der Waals surface area contributed by atoms with E-state index in [4.69, 9.17) is 8.92 Å². The van der Waals surface area contributed by atoms with E-state index in [0.29, 0.717) is 11.3 Å². The summed E-state index contributed by atoms with van der Waals surface area (Å²) in [6.45, 7) is 5.52. The van der Waals surface area contributed by atoms with Gasteiger partial charge in [0.1, 0.15) is 5.60 Å². The van der Waals surface area contributed by atoms with Crippen LogP contribution in [0, 0.1) is 0 Å². The molecule has 7 heteroatoms. The highest BCUT2D eigenvalue weighted by Crippen LogP contribution is 2.13. The zero-order valence-corrected chi connectivity index (χ0v) is 12.2. The molecule has 1 aromatic rings. The number of ether oxygens (including phenoxy) is 1. The summed E-state index contributed by atoms with van der Waals surface area (Å²) in [5, 5.41) is 2.57. The van der Waals surface area contributed by atoms with Crippen molar-refractivity contribution in [3.8, 4) is 0 Å². The molecule has 1 N–H and O–H groups in total. The minimum atomic E-state index is -1.34. The number of pyridine rings is 1. The fraction of sp³-hybridized carbons (Fsp3) is 0.500. The van der Waals surface area contributed by atoms with Gasteiger partial charge in [0.2, 0.25) is 0 Å². The highest BCUT2D eigenvalue weighted by atomic mass is 32.2. The molecule has 1 aromatic heterocycles. The smallest absolute Gasteiger partial charge is 0.412 e. The number of carbonyl (C=O) groups is 1. The van der Waals surface area contributed by atoms with Gasteiger partial charge in [-0.1, -0.05) is 0 Å². The molecule has 19 heavy (non-hydrogen) atoms. The Labute approximate surface area is 115 Å². The van der Waals surface area contributed by atoms with Gasteiger partial charge < -0.3 is 4.74 Å². The predicted molar refractivity (Wildman–Crippen MR) is 72.9 cm³/mol. The van der Waals surface area contributed by atoms with Gasteiger partial charge in [-0.3, -0.25) is 14.5 Å². The van der Waals surface area contributed by atoms with Gasteiger partial charge in [0.15, 0.2) is 11.1 Å². The van der Waals surface area contributed by atoms with E-state index in [2.05, 4.69) is 10.3 Å². The van der Waals surface area contributed by atoms with E-state index in [9.17, 15) is 9.00 Å². The van der Waals surface area contributed by atoms with Crippen molar-refractivity contribution in [1.82, 2.24) is 4.98 Å². The van der Waals surface area contributed by atoms with Crippen molar-refractivity contribution < 1.29 is 17.9 Å². The quantitative estimate of drug-likeness (QED) is 0.918. The number of hydrogen-bond donors (Lipinski definition) is 1. The average molecular weight is 286 g/mol. The minimum absolute atomic E-state index is 0.167. The number of nitrogens with zero attached hydrogens (tertiary/aromatic N) is 1. The van der Waals surface area contributed by atoms with Crippen LogP contribution in [0.5, 0.6) is 0 Å². The largest absolute Gasteiger partial charge is 0.444 e. The standard InChI is InChI=1S/C12H18N2O4S/c1-12(2,3)18-11(15)14-10-5-9(6-13-7-10)8-17-19(4)16/h5-7H,8H2,1-4H3,(H,14,15). The maximum absolute atomic E-state index is 11.6. The molecular formula is C12H18N2O4S. The minimum Gasteiger partial charge on any atom is -0.444 e. The van der Waals surface area contributed by atoms with Gasteiger partial charge >= 0.3 is 6.09 Å². The number of amides is 1. The fourth-order valence-electron chi connectivity index (χ4n) is 1.21. The maximum atomic E-state index is 11.6. The maximum Gasteiger partial charge on any atom is 0.412 e. The van der Waals surface area contributed by atoms with Crippen LogP contribution in [0.3, 0.4) is 0 Å². The van der Waals surface area contributed by atoms with Crippen LogP contribution in [0.15, 0.2) is 18.5 Å². The Balaban J connectivity index is 2.61. The molecule has 0 saturated heterocycles. The summed E-state index contributed by atoms with van der Waals surface area (Å²) in [6.07, 6.45) is 3.96. The molecule has 6 nitrogen and oxygen atoms in total. The molecule has 0 bridgehead atoms. The van der Waals surface area contributed by atoms with E-state index in [1.807, 2.05) is 0 Å². The summed E-state index contributed by atoms with van der Waals surface area (Å²) in [4.78, 5) is 15.5. The van der Waals surface area contributed by atoms with E-state index in [-0.39, 0.29) is 6.61 Å². The van der Waals surface area contributed by atoms with Crippen molar-refractivity contribution in [2.45, 2.75) is 33.0 Å². The first kappa shape index (κ1) is 15.6. The van der Waals surface area contributed by atoms with Crippen LogP contribution in [0.25, 0.3) is 0 Å². The summed E-state index contributed by atoms with van der Waals surface area (Å²) in [7, 11) is 0. The molecule has 0 fully saturated rings. The molecule has 0 aromatic carbocycles. The van der Waals surface area contributed by atoms with Gasteiger partial charge in [-0.15, -0.1) is 0 Å². The summed E-state index contributed by atoms with van der Waals surface area (Å²) >= 11 is -1.34. The van der Waals surface area contributed by atoms with Crippen molar-refractivity contribution in [1.29, 1.82) is 0 Å². The van der Waals surface area contributed by atoms with Crippen LogP contribution in [-0.2, 0) is 26.6 Å². The molecule has 0 aliphatic heterocycles. The van der Waals surface area contributed by atoms with Crippen LogP contribution < -0.4 is 5.32 Å². The third-order valence-electron chi connectivity index (χ3n) is 1.83. The first-order chi connectivity index (χ1) is 8.76. The van der Waals surface area contributed by atoms with E-state index in [0.717, 1.165) is 0 Å². The van der Waals surface area contributed by atoms with Crippen LogP contribution in [-0.4, -0.2) is 27.1 Å². The summed E-state index contributed by atoms with van der Waals surface area (Å²) in [6, 6.07) is 1.68. The molecule has 1 amide bonds. The lowest BCUT2D eigenvalue weighted by atomic mass is 10.2. The number of hydrogen-bond acceptors (Lipinski definition) is 5. The van der Waals surface area contributed by atoms with E-state index < -0.39 is 22.8 Å². The van der Waals surface area contributed by atoms with Crippen molar-refractivity contribution in [2.24, 2.45) is 0 Å². The molecule has 1 heterocycles. The first-order valence-electron chi connectivity index (χ1n) is 5.67. The summed E-state index contributed by atoms with van der Waals surface area (Å²) in [5.74, 6) is 0. The number of anilines is 1. The van der Waals surface area contributed by atoms with Crippen molar-refractivity contribution in [3.05, 3.63) is 24.0 Å². The van der Waals surface area contributed by atoms with Crippen molar-refractivity contribution in [3.63, 3.8) is 0 Å². The van der Waals surface area contributed by atoms with Gasteiger partial charge in [0.25, 0.3) is 0 Å². The number of rotatable bonds is 4. The van der Waals surface area contributed by atoms with Crippen molar-refractivity contribution >= 4 is 22.9 Å². The number of nitrogens with one attached hydrogen (secondary N) is 1. The Morgan fingerprint density at radius 2 is 2.11 bits per heavy atom. The van der Waals surface area contributed by atoms with E-state index in [1.54, 1.807) is 33.0 Å². The third-order valence-corrected chi connectivity index (χ3v) is 2.28. The molecule has 1 unspecified atom stereocenters. The van der Waals surface area contributed by atoms with E-state index >= 15 is 0 Å². The fourth-order valence-corrected chi connectivity index (χ4v) is 1.51. The van der Waals surface area contributed by atoms with Gasteiger partial charge in [0, 0.05) is 12.5 Å². The Hall–Kier alpha value is -1.47.